The number of hydrogen-bond acceptors (Lipinski definition) is 3. The van der Waals surface area contributed by atoms with E-state index in [1.165, 1.54) is 5.56 Å². The molecular weight excluding hydrogens is 276 g/mol. The van der Waals surface area contributed by atoms with E-state index in [-0.39, 0.29) is 5.97 Å². The third kappa shape index (κ3) is 4.10. The van der Waals surface area contributed by atoms with Gasteiger partial charge in [-0.1, -0.05) is 26.0 Å². The van der Waals surface area contributed by atoms with Crippen LogP contribution in [0, 0.1) is 0 Å². The monoisotopic (exact) mass is 298 g/mol. The van der Waals surface area contributed by atoms with Gasteiger partial charge in [0.2, 0.25) is 0 Å². The Labute approximate surface area is 131 Å². The molecule has 0 heterocycles. The van der Waals surface area contributed by atoms with E-state index in [9.17, 15) is 4.79 Å². The Balaban J connectivity index is 2.02. The molecule has 1 atom stereocenters. The molecule has 116 valence electrons. The van der Waals surface area contributed by atoms with Crippen molar-refractivity contribution in [3.63, 3.8) is 0 Å². The quantitative estimate of drug-likeness (QED) is 0.566. The van der Waals surface area contributed by atoms with Crippen LogP contribution in [0.2, 0.25) is 0 Å². The van der Waals surface area contributed by atoms with Gasteiger partial charge in [-0.15, -0.1) is 0 Å². The predicted octanol–water partition coefficient (Wildman–Crippen LogP) is 4.82. The van der Waals surface area contributed by atoms with Gasteiger partial charge < -0.3 is 9.47 Å². The van der Waals surface area contributed by atoms with Gasteiger partial charge >= 0.3 is 5.97 Å². The van der Waals surface area contributed by atoms with Crippen LogP contribution < -0.4 is 9.47 Å². The first-order chi connectivity index (χ1) is 10.6. The van der Waals surface area contributed by atoms with Gasteiger partial charge in [0, 0.05) is 0 Å². The first-order valence-corrected chi connectivity index (χ1v) is 7.69. The number of benzene rings is 2. The summed E-state index contributed by atoms with van der Waals surface area (Å²) in [6.07, 6.45) is 1.08. The molecule has 0 N–H and O–H groups in total. The van der Waals surface area contributed by atoms with Crippen molar-refractivity contribution in [1.82, 2.24) is 0 Å². The van der Waals surface area contributed by atoms with Crippen LogP contribution in [-0.4, -0.2) is 12.6 Å². The molecule has 0 bridgehead atoms. The highest BCUT2D eigenvalue weighted by Crippen LogP contribution is 2.21. The first-order valence-electron chi connectivity index (χ1n) is 7.69. The lowest BCUT2D eigenvalue weighted by atomic mass is 9.98. The number of carbonyl (C=O) groups is 1. The Morgan fingerprint density at radius 1 is 0.955 bits per heavy atom. The summed E-state index contributed by atoms with van der Waals surface area (Å²) < 4.78 is 10.7. The molecule has 0 aliphatic carbocycles. The Morgan fingerprint density at radius 2 is 1.55 bits per heavy atom. The Hall–Kier alpha value is -2.29. The largest absolute Gasteiger partial charge is 0.494 e. The van der Waals surface area contributed by atoms with E-state index in [4.69, 9.17) is 9.47 Å². The average Bonchev–Trinajstić information content (AvgIpc) is 2.56. The Morgan fingerprint density at radius 3 is 2.09 bits per heavy atom. The summed E-state index contributed by atoms with van der Waals surface area (Å²) in [5.41, 5.74) is 1.79. The first kappa shape index (κ1) is 16.1. The lowest BCUT2D eigenvalue weighted by molar-refractivity contribution is 0.0734. The van der Waals surface area contributed by atoms with E-state index in [2.05, 4.69) is 13.8 Å². The molecule has 0 aromatic heterocycles. The molecule has 3 nitrogen and oxygen atoms in total. The zero-order valence-electron chi connectivity index (χ0n) is 13.3. The SMILES string of the molecule is CCOc1ccc(OC(=O)c2ccc(C(C)CC)cc2)cc1. The molecule has 2 aromatic rings. The molecule has 1 unspecified atom stereocenters. The van der Waals surface area contributed by atoms with E-state index in [0.29, 0.717) is 23.8 Å². The number of hydrogen-bond donors (Lipinski definition) is 0. The summed E-state index contributed by atoms with van der Waals surface area (Å²) in [4.78, 5) is 12.1. The maximum absolute atomic E-state index is 12.1. The number of carbonyl (C=O) groups excluding carboxylic acids is 1. The topological polar surface area (TPSA) is 35.5 Å². The predicted molar refractivity (Wildman–Crippen MR) is 87.7 cm³/mol. The molecule has 3 heteroatoms. The average molecular weight is 298 g/mol. The second-order valence-electron chi connectivity index (χ2n) is 5.23. The van der Waals surface area contributed by atoms with Crippen molar-refractivity contribution in [2.45, 2.75) is 33.1 Å². The number of ether oxygens (including phenoxy) is 2. The molecule has 0 spiro atoms. The fourth-order valence-corrected chi connectivity index (χ4v) is 2.12. The van der Waals surface area contributed by atoms with Crippen molar-refractivity contribution in [2.24, 2.45) is 0 Å². The van der Waals surface area contributed by atoms with Gasteiger partial charge in [-0.3, -0.25) is 0 Å². The van der Waals surface area contributed by atoms with Crippen molar-refractivity contribution < 1.29 is 14.3 Å². The van der Waals surface area contributed by atoms with Crippen LogP contribution in [0.5, 0.6) is 11.5 Å². The van der Waals surface area contributed by atoms with Crippen molar-refractivity contribution in [1.29, 1.82) is 0 Å². The zero-order valence-corrected chi connectivity index (χ0v) is 13.3. The van der Waals surface area contributed by atoms with Gasteiger partial charge in [-0.25, -0.2) is 4.79 Å². The van der Waals surface area contributed by atoms with Gasteiger partial charge in [0.1, 0.15) is 11.5 Å². The Bertz CT molecular complexity index is 600. The smallest absolute Gasteiger partial charge is 0.343 e. The standard InChI is InChI=1S/C19H22O3/c1-4-14(3)15-6-8-16(9-7-15)19(20)22-18-12-10-17(11-13-18)21-5-2/h6-14H,4-5H2,1-3H3. The minimum atomic E-state index is -0.347. The van der Waals surface area contributed by atoms with Gasteiger partial charge in [-0.05, 0) is 61.2 Å². The van der Waals surface area contributed by atoms with Crippen molar-refractivity contribution in [3.8, 4) is 11.5 Å². The van der Waals surface area contributed by atoms with E-state index in [0.717, 1.165) is 12.2 Å². The zero-order chi connectivity index (χ0) is 15.9. The molecule has 0 aliphatic rings. The summed E-state index contributed by atoms with van der Waals surface area (Å²) in [7, 11) is 0. The van der Waals surface area contributed by atoms with Crippen LogP contribution in [-0.2, 0) is 0 Å². The van der Waals surface area contributed by atoms with E-state index in [1.807, 2.05) is 31.2 Å². The number of rotatable bonds is 6. The molecule has 0 saturated heterocycles. The van der Waals surface area contributed by atoms with Crippen LogP contribution in [0.15, 0.2) is 48.5 Å². The van der Waals surface area contributed by atoms with Crippen molar-refractivity contribution in [3.05, 3.63) is 59.7 Å². The minimum absolute atomic E-state index is 0.347. The van der Waals surface area contributed by atoms with Crippen LogP contribution >= 0.6 is 0 Å². The molecule has 0 fully saturated rings. The van der Waals surface area contributed by atoms with E-state index >= 15 is 0 Å². The normalized spacial score (nSPS) is 11.8. The molecule has 0 saturated carbocycles. The van der Waals surface area contributed by atoms with Gasteiger partial charge in [0.25, 0.3) is 0 Å². The second-order valence-corrected chi connectivity index (χ2v) is 5.23. The van der Waals surface area contributed by atoms with Gasteiger partial charge in [0.15, 0.2) is 0 Å². The van der Waals surface area contributed by atoms with Crippen molar-refractivity contribution in [2.75, 3.05) is 6.61 Å². The molecule has 22 heavy (non-hydrogen) atoms. The van der Waals surface area contributed by atoms with Crippen LogP contribution in [0.3, 0.4) is 0 Å². The summed E-state index contributed by atoms with van der Waals surface area (Å²) in [5, 5.41) is 0. The van der Waals surface area contributed by atoms with Crippen LogP contribution in [0.25, 0.3) is 0 Å². The lowest BCUT2D eigenvalue weighted by Gasteiger charge is -2.10. The highest BCUT2D eigenvalue weighted by Gasteiger charge is 2.10. The minimum Gasteiger partial charge on any atom is -0.494 e. The van der Waals surface area contributed by atoms with Crippen molar-refractivity contribution >= 4 is 5.97 Å². The summed E-state index contributed by atoms with van der Waals surface area (Å²) in [6.45, 7) is 6.87. The molecule has 0 radical (unpaired) electrons. The third-order valence-corrected chi connectivity index (χ3v) is 3.67. The van der Waals surface area contributed by atoms with Crippen LogP contribution in [0.4, 0.5) is 0 Å². The molecule has 2 rings (SSSR count). The second kappa shape index (κ2) is 7.64. The summed E-state index contributed by atoms with van der Waals surface area (Å²) in [5.74, 6) is 1.43. The highest BCUT2D eigenvalue weighted by atomic mass is 16.5. The molecular formula is C19H22O3. The summed E-state index contributed by atoms with van der Waals surface area (Å²) in [6, 6.07) is 14.7. The summed E-state index contributed by atoms with van der Waals surface area (Å²) >= 11 is 0. The fourth-order valence-electron chi connectivity index (χ4n) is 2.12. The highest BCUT2D eigenvalue weighted by molar-refractivity contribution is 5.91. The van der Waals surface area contributed by atoms with E-state index in [1.54, 1.807) is 24.3 Å². The maximum atomic E-state index is 12.1. The molecule has 0 amide bonds. The van der Waals surface area contributed by atoms with Gasteiger partial charge in [0.05, 0.1) is 12.2 Å². The lowest BCUT2D eigenvalue weighted by Crippen LogP contribution is -2.08. The maximum Gasteiger partial charge on any atom is 0.343 e. The Kier molecular flexibility index (Phi) is 5.59. The molecule has 2 aromatic carbocycles. The fraction of sp³-hybridized carbons (Fsp3) is 0.316. The third-order valence-electron chi connectivity index (χ3n) is 3.67. The van der Waals surface area contributed by atoms with E-state index < -0.39 is 0 Å². The number of esters is 1. The van der Waals surface area contributed by atoms with Crippen LogP contribution in [0.1, 0.15) is 49.0 Å². The van der Waals surface area contributed by atoms with Gasteiger partial charge in [-0.2, -0.15) is 0 Å². The molecule has 0 aliphatic heterocycles.